The van der Waals surface area contributed by atoms with Crippen LogP contribution in [0.4, 0.5) is 0 Å². The van der Waals surface area contributed by atoms with Crippen LogP contribution < -0.4 is 0 Å². The molecule has 0 saturated heterocycles. The molecule has 0 spiro atoms. The van der Waals surface area contributed by atoms with Gasteiger partial charge in [0.05, 0.1) is 0 Å². The second kappa shape index (κ2) is 66.6. The van der Waals surface area contributed by atoms with Gasteiger partial charge in [0, 0.05) is 19.3 Å². The molecule has 0 aliphatic carbocycles. The molecule has 6 heteroatoms. The van der Waals surface area contributed by atoms with Crippen LogP contribution in [0.15, 0.2) is 109 Å². The predicted octanol–water partition coefficient (Wildman–Crippen LogP) is 23.0. The van der Waals surface area contributed by atoms with Gasteiger partial charge in [-0.1, -0.05) is 284 Å². The van der Waals surface area contributed by atoms with E-state index >= 15 is 0 Å². The second-order valence-electron chi connectivity index (χ2n) is 22.0. The van der Waals surface area contributed by atoms with Gasteiger partial charge in [-0.2, -0.15) is 0 Å². The molecule has 0 aliphatic heterocycles. The molecule has 0 fully saturated rings. The Kier molecular flexibility index (Phi) is 63.3. The highest BCUT2D eigenvalue weighted by Gasteiger charge is 2.19. The van der Waals surface area contributed by atoms with E-state index in [1.54, 1.807) is 0 Å². The monoisotopic (exact) mass is 1100 g/mol. The highest BCUT2D eigenvalue weighted by atomic mass is 16.6. The zero-order chi connectivity index (χ0) is 57.1. The Hall–Kier alpha value is -3.93. The number of ether oxygens (including phenoxy) is 3. The van der Waals surface area contributed by atoms with Crippen LogP contribution in [0.2, 0.25) is 0 Å². The van der Waals surface area contributed by atoms with Gasteiger partial charge in [-0.3, -0.25) is 14.4 Å². The van der Waals surface area contributed by atoms with Crippen LogP contribution in [0.25, 0.3) is 0 Å². The average Bonchev–Trinajstić information content (AvgIpc) is 3.45. The summed E-state index contributed by atoms with van der Waals surface area (Å²) in [5.74, 6) is -0.901. The van der Waals surface area contributed by atoms with E-state index in [-0.39, 0.29) is 31.1 Å². The number of rotatable bonds is 60. The molecule has 0 heterocycles. The van der Waals surface area contributed by atoms with Gasteiger partial charge in [0.15, 0.2) is 6.10 Å². The van der Waals surface area contributed by atoms with Gasteiger partial charge in [0.25, 0.3) is 0 Å². The largest absolute Gasteiger partial charge is 0.462 e. The summed E-state index contributed by atoms with van der Waals surface area (Å²) in [4.78, 5) is 38.4. The van der Waals surface area contributed by atoms with Crippen molar-refractivity contribution >= 4 is 17.9 Å². The smallest absolute Gasteiger partial charge is 0.306 e. The number of allylic oxidation sites excluding steroid dienone is 18. The molecule has 0 radical (unpaired) electrons. The van der Waals surface area contributed by atoms with Crippen molar-refractivity contribution in [1.29, 1.82) is 0 Å². The minimum absolute atomic E-state index is 0.0880. The zero-order valence-corrected chi connectivity index (χ0v) is 51.9. The maximum absolute atomic E-state index is 13.0. The number of unbranched alkanes of at least 4 members (excludes halogenated alkanes) is 31. The summed E-state index contributed by atoms with van der Waals surface area (Å²) in [6.45, 7) is 6.43. The quantitative estimate of drug-likeness (QED) is 0.0261. The molecule has 1 atom stereocenters. The number of hydrogen-bond donors (Lipinski definition) is 0. The van der Waals surface area contributed by atoms with Gasteiger partial charge >= 0.3 is 17.9 Å². The maximum atomic E-state index is 13.0. The third kappa shape index (κ3) is 64.8. The Labute approximate surface area is 489 Å². The SMILES string of the molecule is CC/C=C\C/C=C\C/C=C\C/C=C\CCCCCCCCCCC(=O)OCC(COC(=O)CCCCCCCC/C=C\C/C=C\C/C=C\C/C=C\CC)OC(=O)CCCCCCCCCCC/C=C\CCCCCCCCCC. The van der Waals surface area contributed by atoms with Crippen molar-refractivity contribution in [3.8, 4) is 0 Å². The third-order valence-electron chi connectivity index (χ3n) is 14.2. The highest BCUT2D eigenvalue weighted by molar-refractivity contribution is 5.71. The van der Waals surface area contributed by atoms with Crippen LogP contribution in [-0.4, -0.2) is 37.2 Å². The second-order valence-corrected chi connectivity index (χ2v) is 22.0. The van der Waals surface area contributed by atoms with E-state index in [0.29, 0.717) is 19.3 Å². The van der Waals surface area contributed by atoms with Crippen LogP contribution in [0, 0.1) is 0 Å². The van der Waals surface area contributed by atoms with Crippen LogP contribution in [0.5, 0.6) is 0 Å². The van der Waals surface area contributed by atoms with Gasteiger partial charge in [0.1, 0.15) is 13.2 Å². The maximum Gasteiger partial charge on any atom is 0.306 e. The molecular weight excluding hydrogens is 973 g/mol. The van der Waals surface area contributed by atoms with Gasteiger partial charge < -0.3 is 14.2 Å². The third-order valence-corrected chi connectivity index (χ3v) is 14.2. The molecule has 79 heavy (non-hydrogen) atoms. The van der Waals surface area contributed by atoms with Crippen molar-refractivity contribution in [2.45, 2.75) is 322 Å². The van der Waals surface area contributed by atoms with E-state index in [4.69, 9.17) is 14.2 Å². The summed E-state index contributed by atoms with van der Waals surface area (Å²) >= 11 is 0. The Balaban J connectivity index is 4.42. The van der Waals surface area contributed by atoms with E-state index < -0.39 is 6.10 Å². The number of carbonyl (C=O) groups excluding carboxylic acids is 3. The zero-order valence-electron chi connectivity index (χ0n) is 51.9. The lowest BCUT2D eigenvalue weighted by molar-refractivity contribution is -0.167. The Morgan fingerprint density at radius 2 is 0.494 bits per heavy atom. The molecule has 0 aromatic heterocycles. The van der Waals surface area contributed by atoms with Gasteiger partial charge in [-0.15, -0.1) is 0 Å². The normalized spacial score (nSPS) is 12.8. The van der Waals surface area contributed by atoms with Crippen LogP contribution in [0.3, 0.4) is 0 Å². The van der Waals surface area contributed by atoms with E-state index in [9.17, 15) is 14.4 Å². The number of carbonyl (C=O) groups is 3. The minimum atomic E-state index is -0.793. The van der Waals surface area contributed by atoms with E-state index in [1.807, 2.05) is 0 Å². The molecule has 0 rings (SSSR count). The first-order valence-corrected chi connectivity index (χ1v) is 33.4. The molecule has 0 aromatic carbocycles. The van der Waals surface area contributed by atoms with Crippen molar-refractivity contribution in [3.05, 3.63) is 109 Å². The van der Waals surface area contributed by atoms with Crippen LogP contribution in [-0.2, 0) is 28.6 Å². The van der Waals surface area contributed by atoms with Crippen molar-refractivity contribution in [2.75, 3.05) is 13.2 Å². The lowest BCUT2D eigenvalue weighted by Gasteiger charge is -2.18. The summed E-state index contributed by atoms with van der Waals surface area (Å²) in [5.41, 5.74) is 0. The molecule has 6 nitrogen and oxygen atoms in total. The standard InChI is InChI=1S/C73H124O6/c1-4-7-10-13-16-19-22-25-28-31-34-36-39-42-45-48-51-54-57-60-63-66-72(75)78-69-70(68-77-71(74)65-62-59-56-53-50-47-44-41-38-33-30-27-24-21-18-15-12-9-6-3)79-73(76)67-64-61-58-55-52-49-46-43-40-37-35-32-29-26-23-20-17-14-11-8-5-2/h7,9-10,12,16,18-19,21,25,27-28,30,32,34-36,38,41,70H,4-6,8,11,13-15,17,20,22-24,26,29,31,33,37,39-40,42-69H2,1-3H3/b10-7-,12-9-,19-16-,21-18-,28-25-,30-27-,35-32-,36-34-,41-38-. The van der Waals surface area contributed by atoms with Crippen LogP contribution in [0.1, 0.15) is 316 Å². The highest BCUT2D eigenvalue weighted by Crippen LogP contribution is 2.16. The predicted molar refractivity (Wildman–Crippen MR) is 343 cm³/mol. The molecular formula is C73H124O6. The number of hydrogen-bond acceptors (Lipinski definition) is 6. The average molecular weight is 1100 g/mol. The fourth-order valence-corrected chi connectivity index (χ4v) is 9.30. The van der Waals surface area contributed by atoms with Crippen molar-refractivity contribution in [1.82, 2.24) is 0 Å². The molecule has 0 N–H and O–H groups in total. The van der Waals surface area contributed by atoms with E-state index in [2.05, 4.69) is 130 Å². The molecule has 0 bridgehead atoms. The molecule has 0 saturated carbocycles. The van der Waals surface area contributed by atoms with Gasteiger partial charge in [0.2, 0.25) is 0 Å². The van der Waals surface area contributed by atoms with Crippen molar-refractivity contribution in [2.24, 2.45) is 0 Å². The first-order chi connectivity index (χ1) is 39.0. The lowest BCUT2D eigenvalue weighted by atomic mass is 10.1. The Morgan fingerprint density at radius 1 is 0.266 bits per heavy atom. The number of esters is 3. The first-order valence-electron chi connectivity index (χ1n) is 33.4. The fraction of sp³-hybridized carbons (Fsp3) is 0.712. The summed E-state index contributed by atoms with van der Waals surface area (Å²) in [5, 5.41) is 0. The summed E-state index contributed by atoms with van der Waals surface area (Å²) < 4.78 is 17.0. The van der Waals surface area contributed by atoms with Gasteiger partial charge in [-0.05, 0) is 122 Å². The first kappa shape index (κ1) is 75.1. The lowest BCUT2D eigenvalue weighted by Crippen LogP contribution is -2.30. The summed E-state index contributed by atoms with van der Waals surface area (Å²) in [7, 11) is 0. The summed E-state index contributed by atoms with van der Waals surface area (Å²) in [6, 6.07) is 0. The van der Waals surface area contributed by atoms with E-state index in [0.717, 1.165) is 128 Å². The summed E-state index contributed by atoms with van der Waals surface area (Å²) in [6.07, 6.45) is 90.9. The topological polar surface area (TPSA) is 78.9 Å². The van der Waals surface area contributed by atoms with E-state index in [1.165, 1.54) is 148 Å². The minimum Gasteiger partial charge on any atom is -0.462 e. The molecule has 1 unspecified atom stereocenters. The molecule has 0 aromatic rings. The Bertz CT molecular complexity index is 1590. The van der Waals surface area contributed by atoms with Crippen molar-refractivity contribution in [3.63, 3.8) is 0 Å². The molecule has 452 valence electrons. The van der Waals surface area contributed by atoms with Crippen LogP contribution >= 0.6 is 0 Å². The molecule has 0 amide bonds. The molecule has 0 aliphatic rings. The Morgan fingerprint density at radius 3 is 0.785 bits per heavy atom. The van der Waals surface area contributed by atoms with Gasteiger partial charge in [-0.25, -0.2) is 0 Å². The fourth-order valence-electron chi connectivity index (χ4n) is 9.30. The van der Waals surface area contributed by atoms with Crippen molar-refractivity contribution < 1.29 is 28.6 Å².